The zero-order chi connectivity index (χ0) is 8.97. The molecule has 0 bridgehead atoms. The lowest BCUT2D eigenvalue weighted by atomic mass is 10.5. The number of guanidine groups is 1. The second-order valence-electron chi connectivity index (χ2n) is 2.38. The van der Waals surface area contributed by atoms with Crippen molar-refractivity contribution in [3.05, 3.63) is 11.8 Å². The van der Waals surface area contributed by atoms with E-state index >= 15 is 0 Å². The van der Waals surface area contributed by atoms with E-state index in [1.165, 1.54) is 0 Å². The van der Waals surface area contributed by atoms with Crippen molar-refractivity contribution in [2.45, 2.75) is 6.92 Å². The molecule has 0 spiro atoms. The first-order valence-corrected chi connectivity index (χ1v) is 3.70. The summed E-state index contributed by atoms with van der Waals surface area (Å²) in [6, 6.07) is 1.91. The van der Waals surface area contributed by atoms with Gasteiger partial charge in [-0.05, 0) is 6.92 Å². The molecular weight excluding hydrogens is 154 g/mol. The molecule has 0 fully saturated rings. The summed E-state index contributed by atoms with van der Waals surface area (Å²) in [4.78, 5) is 3.95. The Kier molecular flexibility index (Phi) is 2.68. The topological polar surface area (TPSA) is 65.1 Å². The van der Waals surface area contributed by atoms with E-state index in [2.05, 4.69) is 25.8 Å². The van der Waals surface area contributed by atoms with Crippen molar-refractivity contribution in [2.75, 3.05) is 19.4 Å². The van der Waals surface area contributed by atoms with E-state index in [4.69, 9.17) is 0 Å². The van der Waals surface area contributed by atoms with Gasteiger partial charge < -0.3 is 10.6 Å². The largest absolute Gasteiger partial charge is 0.359 e. The van der Waals surface area contributed by atoms with Crippen LogP contribution in [-0.2, 0) is 0 Å². The smallest absolute Gasteiger partial charge is 0.196 e. The monoisotopic (exact) mass is 167 g/mol. The van der Waals surface area contributed by atoms with Gasteiger partial charge in [-0.2, -0.15) is 5.10 Å². The van der Waals surface area contributed by atoms with Crippen LogP contribution in [0.15, 0.2) is 11.1 Å². The zero-order valence-corrected chi connectivity index (χ0v) is 7.47. The Morgan fingerprint density at radius 3 is 2.83 bits per heavy atom. The van der Waals surface area contributed by atoms with Crippen molar-refractivity contribution < 1.29 is 0 Å². The van der Waals surface area contributed by atoms with Crippen molar-refractivity contribution in [3.63, 3.8) is 0 Å². The molecule has 0 aromatic carbocycles. The third-order valence-electron chi connectivity index (χ3n) is 1.41. The molecule has 1 aromatic rings. The first kappa shape index (κ1) is 8.58. The molecule has 12 heavy (non-hydrogen) atoms. The van der Waals surface area contributed by atoms with Gasteiger partial charge in [0.2, 0.25) is 0 Å². The zero-order valence-electron chi connectivity index (χ0n) is 7.47. The Morgan fingerprint density at radius 2 is 2.42 bits per heavy atom. The van der Waals surface area contributed by atoms with Gasteiger partial charge in [-0.25, -0.2) is 0 Å². The number of hydrogen-bond acceptors (Lipinski definition) is 2. The maximum atomic E-state index is 3.99. The highest BCUT2D eigenvalue weighted by Crippen LogP contribution is 2.02. The number of aryl methyl sites for hydroxylation is 1. The van der Waals surface area contributed by atoms with E-state index in [9.17, 15) is 0 Å². The highest BCUT2D eigenvalue weighted by atomic mass is 15.2. The summed E-state index contributed by atoms with van der Waals surface area (Å²) in [6.45, 7) is 1.94. The highest BCUT2D eigenvalue weighted by Gasteiger charge is 1.98. The third kappa shape index (κ3) is 1.98. The van der Waals surface area contributed by atoms with E-state index in [-0.39, 0.29) is 0 Å². The summed E-state index contributed by atoms with van der Waals surface area (Å²) >= 11 is 0. The molecule has 0 atom stereocenters. The molecule has 3 N–H and O–H groups in total. The number of nitrogens with zero attached hydrogens (tertiary/aromatic N) is 2. The van der Waals surface area contributed by atoms with E-state index in [0.717, 1.165) is 11.5 Å². The fourth-order valence-corrected chi connectivity index (χ4v) is 0.834. The van der Waals surface area contributed by atoms with Crippen LogP contribution >= 0.6 is 0 Å². The van der Waals surface area contributed by atoms with E-state index in [0.29, 0.717) is 5.96 Å². The summed E-state index contributed by atoms with van der Waals surface area (Å²) < 4.78 is 0. The summed E-state index contributed by atoms with van der Waals surface area (Å²) in [5.41, 5.74) is 1.02. The van der Waals surface area contributed by atoms with Gasteiger partial charge in [-0.15, -0.1) is 0 Å². The lowest BCUT2D eigenvalue weighted by molar-refractivity contribution is 1.04. The van der Waals surface area contributed by atoms with Gasteiger partial charge in [0.25, 0.3) is 0 Å². The molecular formula is C7H13N5. The predicted octanol–water partition coefficient (Wildman–Crippen LogP) is 0.335. The summed E-state index contributed by atoms with van der Waals surface area (Å²) in [5, 5.41) is 12.7. The minimum Gasteiger partial charge on any atom is -0.359 e. The number of aliphatic imine (C=N–C) groups is 1. The second-order valence-corrected chi connectivity index (χ2v) is 2.38. The first-order valence-electron chi connectivity index (χ1n) is 3.70. The van der Waals surface area contributed by atoms with Crippen LogP contribution in [0.2, 0.25) is 0 Å². The van der Waals surface area contributed by atoms with E-state index in [1.54, 1.807) is 14.1 Å². The Bertz CT molecular complexity index is 275. The number of anilines is 1. The number of H-pyrrole nitrogens is 1. The van der Waals surface area contributed by atoms with Crippen molar-refractivity contribution in [3.8, 4) is 0 Å². The lowest BCUT2D eigenvalue weighted by Crippen LogP contribution is -2.26. The molecule has 1 aromatic heterocycles. The standard InChI is InChI=1S/C7H13N5/c1-5-4-6(12-11-5)10-7(8-2)9-3/h4H,1-3H3,(H3,8,9,10,11,12). The second kappa shape index (κ2) is 3.75. The van der Waals surface area contributed by atoms with Crippen LogP contribution in [0.25, 0.3) is 0 Å². The molecule has 0 amide bonds. The molecule has 0 aliphatic heterocycles. The molecule has 1 heterocycles. The number of rotatable bonds is 1. The lowest BCUT2D eigenvalue weighted by Gasteiger charge is -2.03. The van der Waals surface area contributed by atoms with Gasteiger partial charge in [-0.1, -0.05) is 0 Å². The number of hydrogen-bond donors (Lipinski definition) is 3. The van der Waals surface area contributed by atoms with Gasteiger partial charge in [0.05, 0.1) is 0 Å². The fraction of sp³-hybridized carbons (Fsp3) is 0.429. The SMILES string of the molecule is CN=C(NC)Nc1cc(C)[nH]n1. The van der Waals surface area contributed by atoms with Gasteiger partial charge in [-0.3, -0.25) is 10.1 Å². The molecule has 0 saturated heterocycles. The Morgan fingerprint density at radius 1 is 1.67 bits per heavy atom. The van der Waals surface area contributed by atoms with E-state index < -0.39 is 0 Å². The normalized spacial score (nSPS) is 11.4. The summed E-state index contributed by atoms with van der Waals surface area (Å²) in [5.74, 6) is 1.46. The average molecular weight is 167 g/mol. The molecule has 1 rings (SSSR count). The van der Waals surface area contributed by atoms with Crippen LogP contribution in [0, 0.1) is 6.92 Å². The number of aromatic nitrogens is 2. The molecule has 5 heteroatoms. The molecule has 5 nitrogen and oxygen atoms in total. The maximum Gasteiger partial charge on any atom is 0.196 e. The van der Waals surface area contributed by atoms with Crippen LogP contribution < -0.4 is 10.6 Å². The molecule has 0 saturated carbocycles. The fourth-order valence-electron chi connectivity index (χ4n) is 0.834. The average Bonchev–Trinajstić information content (AvgIpc) is 2.47. The minimum atomic E-state index is 0.696. The van der Waals surface area contributed by atoms with Gasteiger partial charge in [0.15, 0.2) is 11.8 Å². The Labute approximate surface area is 71.3 Å². The minimum absolute atomic E-state index is 0.696. The van der Waals surface area contributed by atoms with Crippen LogP contribution in [0.4, 0.5) is 5.82 Å². The van der Waals surface area contributed by atoms with Crippen molar-refractivity contribution in [2.24, 2.45) is 4.99 Å². The third-order valence-corrected chi connectivity index (χ3v) is 1.41. The molecule has 0 aliphatic carbocycles. The molecule has 0 unspecified atom stereocenters. The Hall–Kier alpha value is -1.52. The van der Waals surface area contributed by atoms with E-state index in [1.807, 2.05) is 13.0 Å². The maximum absolute atomic E-state index is 3.99. The molecule has 66 valence electrons. The predicted molar refractivity (Wildman–Crippen MR) is 49.4 cm³/mol. The van der Waals surface area contributed by atoms with Crippen LogP contribution in [-0.4, -0.2) is 30.3 Å². The van der Waals surface area contributed by atoms with Crippen molar-refractivity contribution in [1.29, 1.82) is 0 Å². The van der Waals surface area contributed by atoms with Gasteiger partial charge >= 0.3 is 0 Å². The number of nitrogens with one attached hydrogen (secondary N) is 3. The quantitative estimate of drug-likeness (QED) is 0.417. The van der Waals surface area contributed by atoms with Gasteiger partial charge in [0.1, 0.15) is 0 Å². The van der Waals surface area contributed by atoms with Crippen LogP contribution in [0.5, 0.6) is 0 Å². The first-order chi connectivity index (χ1) is 5.76. The van der Waals surface area contributed by atoms with Gasteiger partial charge in [0, 0.05) is 25.9 Å². The summed E-state index contributed by atoms with van der Waals surface area (Å²) in [6.07, 6.45) is 0. The summed E-state index contributed by atoms with van der Waals surface area (Å²) in [7, 11) is 3.51. The number of aromatic amines is 1. The molecule has 0 aliphatic rings. The highest BCUT2D eigenvalue weighted by molar-refractivity contribution is 5.92. The van der Waals surface area contributed by atoms with Crippen molar-refractivity contribution in [1.82, 2.24) is 15.5 Å². The van der Waals surface area contributed by atoms with Crippen molar-refractivity contribution >= 4 is 11.8 Å². The van der Waals surface area contributed by atoms with Crippen LogP contribution in [0.3, 0.4) is 0 Å². The van der Waals surface area contributed by atoms with Crippen LogP contribution in [0.1, 0.15) is 5.69 Å². The molecule has 0 radical (unpaired) electrons. The Balaban J connectivity index is 2.63.